The van der Waals surface area contributed by atoms with Crippen molar-refractivity contribution < 1.29 is 4.79 Å². The number of nitrogens with zero attached hydrogens (tertiary/aromatic N) is 3. The first-order valence-corrected chi connectivity index (χ1v) is 10.8. The van der Waals surface area contributed by atoms with Crippen LogP contribution in [0.1, 0.15) is 62.7 Å². The van der Waals surface area contributed by atoms with E-state index < -0.39 is 0 Å². The number of nitrogens with two attached hydrogens (primary N) is 1. The number of fused-ring (bicyclic) bond motifs is 4. The zero-order chi connectivity index (χ0) is 19.0. The quantitative estimate of drug-likeness (QED) is 0.882. The number of carbonyl (C=O) groups excluding carboxylic acids is 1. The molecule has 4 atom stereocenters. The Hall–Kier alpha value is -1.62. The third-order valence-corrected chi connectivity index (χ3v) is 6.98. The lowest BCUT2D eigenvalue weighted by molar-refractivity contribution is -0.0681. The van der Waals surface area contributed by atoms with Gasteiger partial charge in [-0.05, 0) is 68.5 Å². The van der Waals surface area contributed by atoms with Crippen molar-refractivity contribution in [2.24, 2.45) is 17.8 Å². The fourth-order valence-electron chi connectivity index (χ4n) is 5.69. The molecule has 0 aromatic carbocycles. The number of carbonyl (C=O) groups is 1. The van der Waals surface area contributed by atoms with Crippen LogP contribution in [0.15, 0.2) is 18.3 Å². The number of aromatic nitrogens is 1. The van der Waals surface area contributed by atoms with Gasteiger partial charge in [-0.3, -0.25) is 9.69 Å². The van der Waals surface area contributed by atoms with Gasteiger partial charge >= 0.3 is 0 Å². The largest absolute Gasteiger partial charge is 0.384 e. The lowest BCUT2D eigenvalue weighted by Crippen LogP contribution is -2.64. The van der Waals surface area contributed by atoms with E-state index in [1.165, 1.54) is 45.1 Å². The maximum Gasteiger partial charge on any atom is 0.255 e. The van der Waals surface area contributed by atoms with Gasteiger partial charge in [-0.25, -0.2) is 4.98 Å². The molecule has 0 unspecified atom stereocenters. The Kier molecular flexibility index (Phi) is 5.40. The zero-order valence-electron chi connectivity index (χ0n) is 16.8. The molecule has 1 amide bonds. The molecule has 0 radical (unpaired) electrons. The highest BCUT2D eigenvalue weighted by atomic mass is 16.2. The fraction of sp³-hybridized carbons (Fsp3) is 0.727. The molecule has 4 rings (SSSR count). The van der Waals surface area contributed by atoms with E-state index in [4.69, 9.17) is 5.73 Å². The van der Waals surface area contributed by atoms with Gasteiger partial charge in [-0.1, -0.05) is 20.3 Å². The molecule has 2 N–H and O–H groups in total. The molecule has 5 nitrogen and oxygen atoms in total. The van der Waals surface area contributed by atoms with Gasteiger partial charge in [0.05, 0.1) is 5.56 Å². The van der Waals surface area contributed by atoms with E-state index in [0.717, 1.165) is 19.0 Å². The molecule has 0 spiro atoms. The highest BCUT2D eigenvalue weighted by molar-refractivity contribution is 5.94. The van der Waals surface area contributed by atoms with Crippen molar-refractivity contribution >= 4 is 11.7 Å². The van der Waals surface area contributed by atoms with Crippen LogP contribution >= 0.6 is 0 Å². The topological polar surface area (TPSA) is 62.5 Å². The van der Waals surface area contributed by atoms with Crippen molar-refractivity contribution in [1.29, 1.82) is 0 Å². The molecule has 3 saturated heterocycles. The standard InChI is InChI=1S/C22H34N4O/c1-15(2)6-8-20-18-11-17(19-5-3-4-10-26(19)20)13-25(14-18)22(27)16-7-9-21(23)24-12-16/h7,9,12,15,17-20H,3-6,8,10-11,13-14H2,1-2H3,(H2,23,24)/t17-,18+,19+,20+/m1/s1. The first kappa shape index (κ1) is 18.7. The van der Waals surface area contributed by atoms with Gasteiger partial charge in [0, 0.05) is 31.4 Å². The summed E-state index contributed by atoms with van der Waals surface area (Å²) in [5.74, 6) is 2.58. The molecule has 5 heteroatoms. The molecule has 1 aromatic heterocycles. The SMILES string of the molecule is CC(C)CC[C@H]1[C@H]2C[C@H](CN(C(=O)c3ccc(N)nc3)C2)[C@@H]2CCCCN21. The summed E-state index contributed by atoms with van der Waals surface area (Å²) in [5, 5.41) is 0. The molecule has 3 aliphatic heterocycles. The summed E-state index contributed by atoms with van der Waals surface area (Å²) in [6, 6.07) is 4.87. The summed E-state index contributed by atoms with van der Waals surface area (Å²) in [6.07, 6.45) is 9.48. The number of hydrogen-bond donors (Lipinski definition) is 1. The molecule has 4 heterocycles. The minimum atomic E-state index is 0.129. The second-order valence-electron chi connectivity index (χ2n) is 9.28. The Morgan fingerprint density at radius 3 is 2.81 bits per heavy atom. The molecule has 2 bridgehead atoms. The van der Waals surface area contributed by atoms with Gasteiger partial charge in [0.15, 0.2) is 0 Å². The highest BCUT2D eigenvalue weighted by Crippen LogP contribution is 2.43. The Balaban J connectivity index is 1.53. The predicted octanol–water partition coefficient (Wildman–Crippen LogP) is 3.42. The smallest absolute Gasteiger partial charge is 0.255 e. The first-order chi connectivity index (χ1) is 13.0. The number of rotatable bonds is 4. The van der Waals surface area contributed by atoms with Gasteiger partial charge in [0.2, 0.25) is 0 Å². The lowest BCUT2D eigenvalue weighted by Gasteiger charge is -2.57. The maximum atomic E-state index is 13.1. The summed E-state index contributed by atoms with van der Waals surface area (Å²) in [5.41, 5.74) is 6.36. The number of nitrogen functional groups attached to an aromatic ring is 1. The number of piperidine rings is 3. The van der Waals surface area contributed by atoms with Crippen molar-refractivity contribution in [3.05, 3.63) is 23.9 Å². The van der Waals surface area contributed by atoms with Crippen LogP contribution in [0.4, 0.5) is 5.82 Å². The Bertz CT molecular complexity index is 659. The number of anilines is 1. The van der Waals surface area contributed by atoms with Crippen LogP contribution in [0.2, 0.25) is 0 Å². The van der Waals surface area contributed by atoms with Crippen LogP contribution in [0, 0.1) is 17.8 Å². The van der Waals surface area contributed by atoms with Gasteiger partial charge < -0.3 is 10.6 Å². The van der Waals surface area contributed by atoms with Crippen LogP contribution in [0.5, 0.6) is 0 Å². The number of likely N-dealkylation sites (tertiary alicyclic amines) is 1. The molecule has 3 fully saturated rings. The summed E-state index contributed by atoms with van der Waals surface area (Å²) >= 11 is 0. The molecule has 0 saturated carbocycles. The lowest BCUT2D eigenvalue weighted by atomic mass is 9.71. The van der Waals surface area contributed by atoms with E-state index in [2.05, 4.69) is 28.6 Å². The Labute approximate surface area is 163 Å². The van der Waals surface area contributed by atoms with Gasteiger partial charge in [-0.15, -0.1) is 0 Å². The van der Waals surface area contributed by atoms with Crippen LogP contribution in [-0.4, -0.2) is 52.4 Å². The minimum absolute atomic E-state index is 0.129. The number of hydrogen-bond acceptors (Lipinski definition) is 4. The summed E-state index contributed by atoms with van der Waals surface area (Å²) in [6.45, 7) is 7.70. The third-order valence-electron chi connectivity index (χ3n) is 6.98. The third kappa shape index (κ3) is 3.84. The van der Waals surface area contributed by atoms with Gasteiger partial charge in [0.25, 0.3) is 5.91 Å². The van der Waals surface area contributed by atoms with Gasteiger partial charge in [-0.2, -0.15) is 0 Å². The van der Waals surface area contributed by atoms with E-state index in [1.807, 2.05) is 6.07 Å². The van der Waals surface area contributed by atoms with Crippen molar-refractivity contribution in [3.63, 3.8) is 0 Å². The molecule has 148 valence electrons. The van der Waals surface area contributed by atoms with Crippen LogP contribution in [-0.2, 0) is 0 Å². The summed E-state index contributed by atoms with van der Waals surface area (Å²) in [7, 11) is 0. The molecule has 27 heavy (non-hydrogen) atoms. The zero-order valence-corrected chi connectivity index (χ0v) is 16.8. The van der Waals surface area contributed by atoms with Crippen LogP contribution in [0.25, 0.3) is 0 Å². The van der Waals surface area contributed by atoms with E-state index >= 15 is 0 Å². The van der Waals surface area contributed by atoms with E-state index in [0.29, 0.717) is 35.3 Å². The van der Waals surface area contributed by atoms with Crippen LogP contribution < -0.4 is 5.73 Å². The molecular formula is C22H34N4O. The predicted molar refractivity (Wildman–Crippen MR) is 108 cm³/mol. The van der Waals surface area contributed by atoms with E-state index in [-0.39, 0.29) is 5.91 Å². The second-order valence-corrected chi connectivity index (χ2v) is 9.28. The number of pyridine rings is 1. The molecule has 3 aliphatic rings. The van der Waals surface area contributed by atoms with E-state index in [9.17, 15) is 4.79 Å². The molecule has 1 aromatic rings. The minimum Gasteiger partial charge on any atom is -0.384 e. The Morgan fingerprint density at radius 2 is 2.07 bits per heavy atom. The second kappa shape index (κ2) is 7.78. The highest BCUT2D eigenvalue weighted by Gasteiger charge is 2.47. The average molecular weight is 371 g/mol. The van der Waals surface area contributed by atoms with Crippen LogP contribution in [0.3, 0.4) is 0 Å². The van der Waals surface area contributed by atoms with E-state index in [1.54, 1.807) is 12.3 Å². The molecular weight excluding hydrogens is 336 g/mol. The normalized spacial score (nSPS) is 31.0. The van der Waals surface area contributed by atoms with Gasteiger partial charge in [0.1, 0.15) is 5.82 Å². The monoisotopic (exact) mass is 370 g/mol. The first-order valence-electron chi connectivity index (χ1n) is 10.8. The van der Waals surface area contributed by atoms with Crippen molar-refractivity contribution in [3.8, 4) is 0 Å². The van der Waals surface area contributed by atoms with Crippen molar-refractivity contribution in [2.75, 3.05) is 25.4 Å². The number of amides is 1. The fourth-order valence-corrected chi connectivity index (χ4v) is 5.69. The average Bonchev–Trinajstić information content (AvgIpc) is 2.67. The molecule has 0 aliphatic carbocycles. The summed E-state index contributed by atoms with van der Waals surface area (Å²) < 4.78 is 0. The summed E-state index contributed by atoms with van der Waals surface area (Å²) in [4.78, 5) is 22.2. The Morgan fingerprint density at radius 1 is 1.26 bits per heavy atom. The maximum absolute atomic E-state index is 13.1. The van der Waals surface area contributed by atoms with Crippen molar-refractivity contribution in [2.45, 2.75) is 64.5 Å². The van der Waals surface area contributed by atoms with Crippen molar-refractivity contribution in [1.82, 2.24) is 14.8 Å².